The Balaban J connectivity index is 2.21. The van der Waals surface area contributed by atoms with E-state index in [2.05, 4.69) is 26.1 Å². The van der Waals surface area contributed by atoms with Crippen LogP contribution in [0.25, 0.3) is 0 Å². The van der Waals surface area contributed by atoms with Gasteiger partial charge in [-0.1, -0.05) is 27.7 Å². The van der Waals surface area contributed by atoms with Crippen LogP contribution < -0.4 is 5.32 Å². The van der Waals surface area contributed by atoms with Crippen LogP contribution in [0.3, 0.4) is 0 Å². The van der Waals surface area contributed by atoms with Gasteiger partial charge < -0.3 is 15.3 Å². The second kappa shape index (κ2) is 6.41. The Bertz CT molecular complexity index is 273. The SMILES string of the molecule is CC1CCN(C(=O)NCCCC(C)(C)C)CC1O. The third-order valence-corrected chi connectivity index (χ3v) is 3.59. The Morgan fingerprint density at radius 3 is 2.67 bits per heavy atom. The Labute approximate surface area is 111 Å². The molecule has 0 spiro atoms. The highest BCUT2D eigenvalue weighted by molar-refractivity contribution is 5.74. The molecule has 4 nitrogen and oxygen atoms in total. The zero-order valence-corrected chi connectivity index (χ0v) is 12.2. The molecule has 1 rings (SSSR count). The largest absolute Gasteiger partial charge is 0.391 e. The van der Waals surface area contributed by atoms with Crippen LogP contribution in [0, 0.1) is 11.3 Å². The molecule has 0 aromatic heterocycles. The average Bonchev–Trinajstić information content (AvgIpc) is 2.26. The molecule has 1 aliphatic rings. The number of amides is 2. The van der Waals surface area contributed by atoms with Gasteiger partial charge in [0.1, 0.15) is 0 Å². The number of nitrogens with zero attached hydrogens (tertiary/aromatic N) is 1. The van der Waals surface area contributed by atoms with Crippen LogP contribution >= 0.6 is 0 Å². The number of piperidine rings is 1. The number of carbonyl (C=O) groups is 1. The maximum absolute atomic E-state index is 11.9. The number of rotatable bonds is 3. The number of hydrogen-bond acceptors (Lipinski definition) is 2. The fraction of sp³-hybridized carbons (Fsp3) is 0.929. The topological polar surface area (TPSA) is 52.6 Å². The Morgan fingerprint density at radius 2 is 2.11 bits per heavy atom. The fourth-order valence-electron chi connectivity index (χ4n) is 2.16. The van der Waals surface area contributed by atoms with E-state index < -0.39 is 0 Å². The van der Waals surface area contributed by atoms with Gasteiger partial charge in [0.05, 0.1) is 6.10 Å². The highest BCUT2D eigenvalue weighted by atomic mass is 16.3. The van der Waals surface area contributed by atoms with Gasteiger partial charge in [-0.25, -0.2) is 4.79 Å². The average molecular weight is 256 g/mol. The van der Waals surface area contributed by atoms with Gasteiger partial charge in [-0.05, 0) is 30.6 Å². The molecule has 0 radical (unpaired) electrons. The van der Waals surface area contributed by atoms with Crippen molar-refractivity contribution in [1.82, 2.24) is 10.2 Å². The number of hydrogen-bond donors (Lipinski definition) is 2. The predicted molar refractivity (Wildman–Crippen MR) is 73.4 cm³/mol. The Hall–Kier alpha value is -0.770. The summed E-state index contributed by atoms with van der Waals surface area (Å²) in [5, 5.41) is 12.7. The number of urea groups is 1. The molecule has 2 amide bonds. The summed E-state index contributed by atoms with van der Waals surface area (Å²) in [6.45, 7) is 10.6. The third kappa shape index (κ3) is 5.25. The Kier molecular flexibility index (Phi) is 5.45. The van der Waals surface area contributed by atoms with Crippen LogP contribution in [0.2, 0.25) is 0 Å². The maximum Gasteiger partial charge on any atom is 0.317 e. The van der Waals surface area contributed by atoms with E-state index in [1.54, 1.807) is 4.90 Å². The summed E-state index contributed by atoms with van der Waals surface area (Å²) >= 11 is 0. The van der Waals surface area contributed by atoms with Crippen molar-refractivity contribution in [3.63, 3.8) is 0 Å². The van der Waals surface area contributed by atoms with Crippen molar-refractivity contribution >= 4 is 6.03 Å². The molecular formula is C14H28N2O2. The van der Waals surface area contributed by atoms with Gasteiger partial charge in [0.2, 0.25) is 0 Å². The third-order valence-electron chi connectivity index (χ3n) is 3.59. The monoisotopic (exact) mass is 256 g/mol. The van der Waals surface area contributed by atoms with E-state index in [9.17, 15) is 9.90 Å². The number of β-amino-alcohol motifs (C(OH)–C–C–N with tert-alkyl or cyclic N) is 1. The smallest absolute Gasteiger partial charge is 0.317 e. The van der Waals surface area contributed by atoms with Crippen LogP contribution in [-0.2, 0) is 0 Å². The van der Waals surface area contributed by atoms with Gasteiger partial charge in [-0.3, -0.25) is 0 Å². The van der Waals surface area contributed by atoms with Gasteiger partial charge in [0.25, 0.3) is 0 Å². The molecule has 0 saturated carbocycles. The predicted octanol–water partition coefficient (Wildman–Crippen LogP) is 2.23. The normalized spacial score (nSPS) is 25.1. The molecule has 0 aromatic carbocycles. The van der Waals surface area contributed by atoms with Crippen LogP contribution in [0.5, 0.6) is 0 Å². The van der Waals surface area contributed by atoms with Crippen molar-refractivity contribution in [2.45, 2.75) is 53.1 Å². The van der Waals surface area contributed by atoms with Gasteiger partial charge >= 0.3 is 6.03 Å². The summed E-state index contributed by atoms with van der Waals surface area (Å²) < 4.78 is 0. The number of aliphatic hydroxyl groups is 1. The van der Waals surface area contributed by atoms with E-state index >= 15 is 0 Å². The first-order valence-electron chi connectivity index (χ1n) is 7.00. The molecule has 2 unspecified atom stereocenters. The van der Waals surface area contributed by atoms with E-state index in [0.29, 0.717) is 17.9 Å². The van der Waals surface area contributed by atoms with E-state index in [1.807, 2.05) is 6.92 Å². The van der Waals surface area contributed by atoms with Gasteiger partial charge in [-0.2, -0.15) is 0 Å². The number of nitrogens with one attached hydrogen (secondary N) is 1. The molecule has 1 saturated heterocycles. The molecule has 1 aliphatic heterocycles. The molecule has 18 heavy (non-hydrogen) atoms. The lowest BCUT2D eigenvalue weighted by Crippen LogP contribution is -2.49. The van der Waals surface area contributed by atoms with E-state index in [4.69, 9.17) is 0 Å². The first kappa shape index (κ1) is 15.3. The Morgan fingerprint density at radius 1 is 1.44 bits per heavy atom. The lowest BCUT2D eigenvalue weighted by atomic mass is 9.91. The molecule has 4 heteroatoms. The van der Waals surface area contributed by atoms with Crippen LogP contribution in [0.15, 0.2) is 0 Å². The van der Waals surface area contributed by atoms with E-state index in [-0.39, 0.29) is 12.1 Å². The number of carbonyl (C=O) groups excluding carboxylic acids is 1. The van der Waals surface area contributed by atoms with Gasteiger partial charge in [0.15, 0.2) is 0 Å². The number of likely N-dealkylation sites (tertiary alicyclic amines) is 1. The molecule has 1 heterocycles. The molecule has 2 N–H and O–H groups in total. The molecular weight excluding hydrogens is 228 g/mol. The molecule has 0 bridgehead atoms. The quantitative estimate of drug-likeness (QED) is 0.761. The van der Waals surface area contributed by atoms with Crippen LogP contribution in [-0.4, -0.2) is 41.8 Å². The summed E-state index contributed by atoms with van der Waals surface area (Å²) in [4.78, 5) is 13.6. The summed E-state index contributed by atoms with van der Waals surface area (Å²) in [7, 11) is 0. The van der Waals surface area contributed by atoms with E-state index in [0.717, 1.165) is 32.4 Å². The van der Waals surface area contributed by atoms with Crippen molar-refractivity contribution in [2.75, 3.05) is 19.6 Å². The molecule has 2 atom stereocenters. The zero-order valence-electron chi connectivity index (χ0n) is 12.2. The van der Waals surface area contributed by atoms with Crippen LogP contribution in [0.1, 0.15) is 47.0 Å². The molecule has 106 valence electrons. The number of aliphatic hydroxyl groups excluding tert-OH is 1. The van der Waals surface area contributed by atoms with Crippen molar-refractivity contribution in [3.8, 4) is 0 Å². The van der Waals surface area contributed by atoms with Crippen molar-refractivity contribution in [3.05, 3.63) is 0 Å². The van der Waals surface area contributed by atoms with Gasteiger partial charge in [-0.15, -0.1) is 0 Å². The lowest BCUT2D eigenvalue weighted by molar-refractivity contribution is 0.0436. The van der Waals surface area contributed by atoms with Crippen molar-refractivity contribution in [2.24, 2.45) is 11.3 Å². The van der Waals surface area contributed by atoms with Gasteiger partial charge in [0, 0.05) is 19.6 Å². The minimum Gasteiger partial charge on any atom is -0.391 e. The fourth-order valence-corrected chi connectivity index (χ4v) is 2.16. The lowest BCUT2D eigenvalue weighted by Gasteiger charge is -2.34. The summed E-state index contributed by atoms with van der Waals surface area (Å²) in [6.07, 6.45) is 2.62. The van der Waals surface area contributed by atoms with Crippen LogP contribution in [0.4, 0.5) is 4.79 Å². The standard InChI is InChI=1S/C14H28N2O2/c1-11-6-9-16(10-12(11)17)13(18)15-8-5-7-14(2,3)4/h11-12,17H,5-10H2,1-4H3,(H,15,18). The van der Waals surface area contributed by atoms with Crippen molar-refractivity contribution < 1.29 is 9.90 Å². The zero-order chi connectivity index (χ0) is 13.8. The first-order valence-corrected chi connectivity index (χ1v) is 7.00. The van der Waals surface area contributed by atoms with E-state index in [1.165, 1.54) is 0 Å². The minimum atomic E-state index is -0.376. The second-order valence-electron chi connectivity index (χ2n) is 6.68. The molecule has 0 aliphatic carbocycles. The molecule has 1 fully saturated rings. The molecule has 0 aromatic rings. The summed E-state index contributed by atoms with van der Waals surface area (Å²) in [6, 6.07) is -0.0325. The minimum absolute atomic E-state index is 0.0325. The second-order valence-corrected chi connectivity index (χ2v) is 6.68. The summed E-state index contributed by atoms with van der Waals surface area (Å²) in [5.41, 5.74) is 0.321. The summed E-state index contributed by atoms with van der Waals surface area (Å²) in [5.74, 6) is 0.301. The maximum atomic E-state index is 11.9. The highest BCUT2D eigenvalue weighted by Crippen LogP contribution is 2.20. The van der Waals surface area contributed by atoms with Crippen molar-refractivity contribution in [1.29, 1.82) is 0 Å². The first-order chi connectivity index (χ1) is 8.29. The highest BCUT2D eigenvalue weighted by Gasteiger charge is 2.26.